The first-order valence-corrected chi connectivity index (χ1v) is 5.35. The van der Waals surface area contributed by atoms with Crippen molar-refractivity contribution in [3.63, 3.8) is 0 Å². The first-order valence-electron chi connectivity index (χ1n) is 5.35. The number of carboxylic acids is 1. The Morgan fingerprint density at radius 1 is 1.29 bits per heavy atom. The monoisotopic (exact) mass is 306 g/mol. The van der Waals surface area contributed by atoms with Crippen LogP contribution in [-0.2, 0) is 19.3 Å². The Morgan fingerprint density at radius 3 is 2.33 bits per heavy atom. The third kappa shape index (κ3) is 7.84. The molecule has 0 unspecified atom stereocenters. The predicted molar refractivity (Wildman–Crippen MR) is 59.9 cm³/mol. The van der Waals surface area contributed by atoms with Crippen molar-refractivity contribution in [2.75, 3.05) is 6.61 Å². The van der Waals surface area contributed by atoms with E-state index >= 15 is 0 Å². The van der Waals surface area contributed by atoms with Crippen molar-refractivity contribution < 1.29 is 39.3 Å². The van der Waals surface area contributed by atoms with Gasteiger partial charge in [-0.3, -0.25) is 4.79 Å². The van der Waals surface area contributed by atoms with Crippen molar-refractivity contribution in [3.8, 4) is 0 Å². The molecule has 0 fully saturated rings. The zero-order chi connectivity index (χ0) is 16.4. The Bertz CT molecular complexity index is 484. The molecule has 0 aromatic heterocycles. The maximum absolute atomic E-state index is 11.3. The summed E-state index contributed by atoms with van der Waals surface area (Å²) < 4.78 is 0. The molecule has 0 aromatic carbocycles. The van der Waals surface area contributed by atoms with Crippen LogP contribution in [0.15, 0.2) is 0 Å². The largest absolute Gasteiger partial charge is 0.472 e. The van der Waals surface area contributed by atoms with Crippen LogP contribution in [0.2, 0.25) is 0 Å². The fourth-order valence-corrected chi connectivity index (χ4v) is 1.26. The second kappa shape index (κ2) is 8.92. The third-order valence-corrected chi connectivity index (χ3v) is 2.10. The van der Waals surface area contributed by atoms with Crippen molar-refractivity contribution in [1.82, 2.24) is 0 Å². The van der Waals surface area contributed by atoms with E-state index in [4.69, 9.17) is 10.6 Å². The molecule has 0 radical (unpaired) electrons. The van der Waals surface area contributed by atoms with Gasteiger partial charge in [0, 0.05) is 6.42 Å². The topological polar surface area (TPSA) is 196 Å². The summed E-state index contributed by atoms with van der Waals surface area (Å²) in [7, 11) is 0. The molecular weight excluding hydrogens is 296 g/mol. The van der Waals surface area contributed by atoms with Gasteiger partial charge in [0.25, 0.3) is 16.0 Å². The van der Waals surface area contributed by atoms with E-state index in [0.717, 1.165) is 0 Å². The molecule has 1 atom stereocenters. The standard InChI is InChI=1S/C8H10N4O9/c9-10-7(8(14)15)6(13)3-1-2-5(21-12(18)19)4-20-11(16)17/h5H,1-4H2,(H,14,15)/t5-/m1/s1. The lowest BCUT2D eigenvalue weighted by atomic mass is 10.1. The summed E-state index contributed by atoms with van der Waals surface area (Å²) in [5.74, 6) is -2.72. The van der Waals surface area contributed by atoms with Gasteiger partial charge in [-0.1, -0.05) is 0 Å². The second-order valence-corrected chi connectivity index (χ2v) is 3.54. The van der Waals surface area contributed by atoms with E-state index in [-0.39, 0.29) is 12.8 Å². The Morgan fingerprint density at radius 2 is 1.90 bits per heavy atom. The number of aliphatic carboxylic acids is 1. The molecule has 0 saturated heterocycles. The van der Waals surface area contributed by atoms with Crippen molar-refractivity contribution in [1.29, 1.82) is 0 Å². The smallest absolute Gasteiger partial charge is 0.441 e. The van der Waals surface area contributed by atoms with Crippen LogP contribution in [0.5, 0.6) is 0 Å². The SMILES string of the molecule is [N-]=[N+]=C(C(=O)O)C(=O)CCC[C@H](CO[N+](=O)[O-])O[N+](=O)[O-]. The number of hydrogen-bond acceptors (Lipinski definition) is 8. The fraction of sp³-hybridized carbons (Fsp3) is 0.625. The quantitative estimate of drug-likeness (QED) is 0.128. The van der Waals surface area contributed by atoms with Gasteiger partial charge in [0.05, 0.1) is 0 Å². The number of rotatable bonds is 11. The van der Waals surface area contributed by atoms with Gasteiger partial charge in [0.2, 0.25) is 0 Å². The Hall–Kier alpha value is -3.08. The van der Waals surface area contributed by atoms with E-state index in [0.29, 0.717) is 0 Å². The maximum Gasteiger partial charge on any atom is 0.441 e. The van der Waals surface area contributed by atoms with Crippen molar-refractivity contribution >= 4 is 17.5 Å². The number of hydrogen-bond donors (Lipinski definition) is 1. The van der Waals surface area contributed by atoms with E-state index < -0.39 is 46.8 Å². The van der Waals surface area contributed by atoms with E-state index in [1.165, 1.54) is 0 Å². The Labute approximate surface area is 115 Å². The van der Waals surface area contributed by atoms with E-state index in [1.54, 1.807) is 0 Å². The number of Topliss-reactive ketones (excluding diaryl/α,β-unsaturated/α-hetero) is 1. The highest BCUT2D eigenvalue weighted by Crippen LogP contribution is 2.07. The molecule has 0 aromatic rings. The average molecular weight is 306 g/mol. The number of carbonyl (C=O) groups excluding carboxylic acids is 1. The summed E-state index contributed by atoms with van der Waals surface area (Å²) in [5.41, 5.74) is 7.24. The lowest BCUT2D eigenvalue weighted by Crippen LogP contribution is -2.27. The lowest BCUT2D eigenvalue weighted by Gasteiger charge is -2.12. The zero-order valence-corrected chi connectivity index (χ0v) is 10.4. The van der Waals surface area contributed by atoms with Gasteiger partial charge < -0.3 is 20.3 Å². The molecule has 0 bridgehead atoms. The van der Waals surface area contributed by atoms with Crippen LogP contribution in [0.4, 0.5) is 0 Å². The van der Waals surface area contributed by atoms with Crippen LogP contribution in [0, 0.1) is 20.2 Å². The molecule has 13 nitrogen and oxygen atoms in total. The molecule has 13 heteroatoms. The molecule has 0 aliphatic rings. The summed E-state index contributed by atoms with van der Waals surface area (Å²) in [6, 6.07) is 0. The molecule has 0 amide bonds. The molecule has 0 rings (SSSR count). The number of ketones is 1. The Balaban J connectivity index is 4.38. The maximum atomic E-state index is 11.3. The lowest BCUT2D eigenvalue weighted by molar-refractivity contribution is -0.790. The highest BCUT2D eigenvalue weighted by atomic mass is 17.0. The molecule has 116 valence electrons. The van der Waals surface area contributed by atoms with Gasteiger partial charge in [-0.05, 0) is 12.8 Å². The molecule has 21 heavy (non-hydrogen) atoms. The number of nitrogens with zero attached hydrogens (tertiary/aromatic N) is 4. The van der Waals surface area contributed by atoms with Crippen LogP contribution in [0.3, 0.4) is 0 Å². The van der Waals surface area contributed by atoms with Crippen LogP contribution in [0.25, 0.3) is 5.53 Å². The van der Waals surface area contributed by atoms with Gasteiger partial charge >= 0.3 is 11.7 Å². The average Bonchev–Trinajstić information content (AvgIpc) is 2.35. The van der Waals surface area contributed by atoms with Gasteiger partial charge in [0.15, 0.2) is 0 Å². The summed E-state index contributed by atoms with van der Waals surface area (Å²) in [4.78, 5) is 52.2. The fourth-order valence-electron chi connectivity index (χ4n) is 1.26. The van der Waals surface area contributed by atoms with Crippen LogP contribution >= 0.6 is 0 Å². The minimum absolute atomic E-state index is 0.0925. The zero-order valence-electron chi connectivity index (χ0n) is 10.4. The van der Waals surface area contributed by atoms with Crippen LogP contribution in [0.1, 0.15) is 19.3 Å². The molecule has 0 aliphatic heterocycles. The molecule has 0 spiro atoms. The van der Waals surface area contributed by atoms with Crippen molar-refractivity contribution in [2.24, 2.45) is 0 Å². The molecule has 0 aliphatic carbocycles. The molecule has 1 N–H and O–H groups in total. The van der Waals surface area contributed by atoms with Gasteiger partial charge in [-0.25, -0.2) is 4.79 Å². The van der Waals surface area contributed by atoms with Gasteiger partial charge in [-0.15, -0.1) is 20.2 Å². The van der Waals surface area contributed by atoms with Crippen molar-refractivity contribution in [2.45, 2.75) is 25.4 Å². The van der Waals surface area contributed by atoms with Gasteiger partial charge in [0.1, 0.15) is 12.7 Å². The number of carbonyl (C=O) groups is 2. The summed E-state index contributed by atoms with van der Waals surface area (Å²) in [6.07, 6.45) is -1.97. The van der Waals surface area contributed by atoms with Gasteiger partial charge in [-0.2, -0.15) is 4.79 Å². The summed E-state index contributed by atoms with van der Waals surface area (Å²) in [5, 5.41) is 26.3. The minimum Gasteiger partial charge on any atom is -0.472 e. The van der Waals surface area contributed by atoms with Crippen LogP contribution < -0.4 is 0 Å². The third-order valence-electron chi connectivity index (χ3n) is 2.10. The highest BCUT2D eigenvalue weighted by Gasteiger charge is 2.28. The van der Waals surface area contributed by atoms with Crippen LogP contribution in [-0.4, -0.2) is 50.2 Å². The Kier molecular flexibility index (Phi) is 7.62. The highest BCUT2D eigenvalue weighted by molar-refractivity contribution is 6.61. The normalized spacial score (nSPS) is 10.9. The first-order chi connectivity index (χ1) is 9.77. The summed E-state index contributed by atoms with van der Waals surface area (Å²) >= 11 is 0. The van der Waals surface area contributed by atoms with E-state index in [1.807, 2.05) is 0 Å². The predicted octanol–water partition coefficient (Wildman–Crippen LogP) is -0.734. The van der Waals surface area contributed by atoms with E-state index in [2.05, 4.69) is 14.5 Å². The minimum atomic E-state index is -1.72. The first kappa shape index (κ1) is 17.9. The molecular formula is C8H10N4O9. The summed E-state index contributed by atoms with van der Waals surface area (Å²) in [6.45, 7) is -0.720. The number of carboxylic acid groups (broad SMARTS) is 1. The van der Waals surface area contributed by atoms with E-state index in [9.17, 15) is 29.8 Å². The second-order valence-electron chi connectivity index (χ2n) is 3.54. The van der Waals surface area contributed by atoms with Crippen molar-refractivity contribution in [3.05, 3.63) is 25.8 Å². The molecule has 0 saturated carbocycles. The molecule has 0 heterocycles.